The number of carbonyl (C=O) groups excluding carboxylic acids is 1. The van der Waals surface area contributed by atoms with Crippen molar-refractivity contribution in [1.82, 2.24) is 4.98 Å². The Morgan fingerprint density at radius 1 is 1.65 bits per heavy atom. The molecule has 1 heterocycles. The predicted octanol–water partition coefficient (Wildman–Crippen LogP) is 1.65. The van der Waals surface area contributed by atoms with Crippen LogP contribution in [0.3, 0.4) is 0 Å². The Bertz CT molecular complexity index is 462. The summed E-state index contributed by atoms with van der Waals surface area (Å²) in [6.07, 6.45) is 1.16. The number of aromatic carboxylic acids is 1. The van der Waals surface area contributed by atoms with Crippen molar-refractivity contribution in [2.75, 3.05) is 11.9 Å². The highest BCUT2D eigenvalue weighted by Gasteiger charge is 2.15. The zero-order valence-corrected chi connectivity index (χ0v) is 8.64. The summed E-state index contributed by atoms with van der Waals surface area (Å²) in [6.45, 7) is 3.28. The lowest BCUT2D eigenvalue weighted by atomic mass is 10.3. The van der Waals surface area contributed by atoms with Gasteiger partial charge in [-0.1, -0.05) is 12.7 Å². The van der Waals surface area contributed by atoms with Crippen molar-refractivity contribution in [1.29, 1.82) is 0 Å². The second-order valence-corrected chi connectivity index (χ2v) is 2.87. The van der Waals surface area contributed by atoms with Crippen molar-refractivity contribution in [2.24, 2.45) is 0 Å². The molecule has 0 aliphatic heterocycles. The van der Waals surface area contributed by atoms with Gasteiger partial charge in [0.05, 0.1) is 11.9 Å². The van der Waals surface area contributed by atoms with Gasteiger partial charge in [-0.3, -0.25) is 5.32 Å². The fourth-order valence-electron chi connectivity index (χ4n) is 0.986. The summed E-state index contributed by atoms with van der Waals surface area (Å²) in [7, 11) is 0. The van der Waals surface area contributed by atoms with E-state index in [1.54, 1.807) is 0 Å². The van der Waals surface area contributed by atoms with Crippen LogP contribution in [0.2, 0.25) is 0 Å². The Hall–Kier alpha value is -2.44. The highest BCUT2D eigenvalue weighted by atomic mass is 19.1. The van der Waals surface area contributed by atoms with E-state index in [0.29, 0.717) is 0 Å². The molecule has 90 valence electrons. The number of carboxylic acid groups (broad SMARTS) is 1. The largest absolute Gasteiger partial charge is 0.476 e. The van der Waals surface area contributed by atoms with E-state index in [9.17, 15) is 14.0 Å². The molecular formula is C10H9FN2O4. The number of rotatable bonds is 4. The Morgan fingerprint density at radius 2 is 2.35 bits per heavy atom. The number of carbonyl (C=O) groups is 2. The Kier molecular flexibility index (Phi) is 4.15. The molecular weight excluding hydrogens is 231 g/mol. The number of hydrogen-bond donors (Lipinski definition) is 2. The van der Waals surface area contributed by atoms with Crippen LogP contribution in [0.4, 0.5) is 14.9 Å². The van der Waals surface area contributed by atoms with Gasteiger partial charge < -0.3 is 9.84 Å². The molecule has 0 aliphatic rings. The summed E-state index contributed by atoms with van der Waals surface area (Å²) in [5.41, 5.74) is -0.742. The third kappa shape index (κ3) is 3.56. The average Bonchev–Trinajstić information content (AvgIpc) is 2.26. The molecule has 0 aromatic carbocycles. The van der Waals surface area contributed by atoms with Crippen LogP contribution in [0.5, 0.6) is 0 Å². The second-order valence-electron chi connectivity index (χ2n) is 2.87. The van der Waals surface area contributed by atoms with Crippen molar-refractivity contribution in [3.8, 4) is 0 Å². The highest BCUT2D eigenvalue weighted by Crippen LogP contribution is 2.14. The van der Waals surface area contributed by atoms with E-state index in [1.807, 2.05) is 0 Å². The van der Waals surface area contributed by atoms with Crippen molar-refractivity contribution >= 4 is 17.7 Å². The SMILES string of the molecule is C=CCOC(=O)Nc1cc(F)cnc1C(=O)O. The van der Waals surface area contributed by atoms with Gasteiger partial charge in [0.1, 0.15) is 12.4 Å². The minimum absolute atomic E-state index is 0.0447. The van der Waals surface area contributed by atoms with E-state index >= 15 is 0 Å². The number of nitrogens with one attached hydrogen (secondary N) is 1. The smallest absolute Gasteiger partial charge is 0.412 e. The summed E-state index contributed by atoms with van der Waals surface area (Å²) in [6, 6.07) is 0.839. The number of ether oxygens (including phenoxy) is 1. The molecule has 0 saturated heterocycles. The lowest BCUT2D eigenvalue weighted by Gasteiger charge is -2.07. The summed E-state index contributed by atoms with van der Waals surface area (Å²) in [4.78, 5) is 25.2. The molecule has 17 heavy (non-hydrogen) atoms. The Morgan fingerprint density at radius 3 is 2.94 bits per heavy atom. The number of aromatic nitrogens is 1. The predicted molar refractivity (Wildman–Crippen MR) is 56.3 cm³/mol. The first-order valence-corrected chi connectivity index (χ1v) is 4.48. The molecule has 1 rings (SSSR count). The topological polar surface area (TPSA) is 88.5 Å². The third-order valence-electron chi connectivity index (χ3n) is 1.63. The van der Waals surface area contributed by atoms with Crippen LogP contribution in [0.1, 0.15) is 10.5 Å². The fraction of sp³-hybridized carbons (Fsp3) is 0.100. The van der Waals surface area contributed by atoms with Gasteiger partial charge in [-0.15, -0.1) is 0 Å². The van der Waals surface area contributed by atoms with E-state index < -0.39 is 23.6 Å². The number of halogens is 1. The van der Waals surface area contributed by atoms with Gasteiger partial charge in [0.25, 0.3) is 0 Å². The zero-order valence-electron chi connectivity index (χ0n) is 8.64. The summed E-state index contributed by atoms with van der Waals surface area (Å²) in [5, 5.41) is 10.8. The van der Waals surface area contributed by atoms with Crippen LogP contribution in [-0.2, 0) is 4.74 Å². The average molecular weight is 240 g/mol. The van der Waals surface area contributed by atoms with Crippen molar-refractivity contribution in [3.05, 3.63) is 36.4 Å². The first kappa shape index (κ1) is 12.6. The maximum absolute atomic E-state index is 12.8. The molecule has 1 amide bonds. The quantitative estimate of drug-likeness (QED) is 0.781. The van der Waals surface area contributed by atoms with E-state index in [-0.39, 0.29) is 12.3 Å². The number of pyridine rings is 1. The zero-order chi connectivity index (χ0) is 12.8. The maximum Gasteiger partial charge on any atom is 0.412 e. The van der Waals surface area contributed by atoms with Gasteiger partial charge in [-0.2, -0.15) is 0 Å². The Labute approximate surface area is 95.7 Å². The molecule has 1 aromatic rings. The molecule has 7 heteroatoms. The van der Waals surface area contributed by atoms with Crippen LogP contribution in [0.15, 0.2) is 24.9 Å². The first-order chi connectivity index (χ1) is 8.04. The molecule has 0 atom stereocenters. The van der Waals surface area contributed by atoms with Crippen LogP contribution in [-0.4, -0.2) is 28.8 Å². The molecule has 0 saturated carbocycles. The molecule has 6 nitrogen and oxygen atoms in total. The van der Waals surface area contributed by atoms with Crippen LogP contribution in [0.25, 0.3) is 0 Å². The molecule has 0 unspecified atom stereocenters. The summed E-state index contributed by atoms with van der Waals surface area (Å²) in [5.74, 6) is -2.15. The minimum atomic E-state index is -1.39. The lowest BCUT2D eigenvalue weighted by Crippen LogP contribution is -2.17. The lowest BCUT2D eigenvalue weighted by molar-refractivity contribution is 0.0691. The van der Waals surface area contributed by atoms with Gasteiger partial charge in [0.15, 0.2) is 5.69 Å². The van der Waals surface area contributed by atoms with Gasteiger partial charge in [-0.05, 0) is 0 Å². The minimum Gasteiger partial charge on any atom is -0.476 e. The van der Waals surface area contributed by atoms with Crippen molar-refractivity contribution in [3.63, 3.8) is 0 Å². The second kappa shape index (κ2) is 5.59. The first-order valence-electron chi connectivity index (χ1n) is 4.48. The number of carboxylic acids is 1. The van der Waals surface area contributed by atoms with Gasteiger partial charge in [0, 0.05) is 6.07 Å². The molecule has 0 aliphatic carbocycles. The number of hydrogen-bond acceptors (Lipinski definition) is 4. The van der Waals surface area contributed by atoms with Crippen molar-refractivity contribution in [2.45, 2.75) is 0 Å². The number of anilines is 1. The van der Waals surface area contributed by atoms with E-state index in [0.717, 1.165) is 12.3 Å². The summed E-state index contributed by atoms with van der Waals surface area (Å²) < 4.78 is 17.4. The highest BCUT2D eigenvalue weighted by molar-refractivity contribution is 5.96. The van der Waals surface area contributed by atoms with Crippen LogP contribution >= 0.6 is 0 Å². The molecule has 0 spiro atoms. The molecule has 0 fully saturated rings. The van der Waals surface area contributed by atoms with Gasteiger partial charge >= 0.3 is 12.1 Å². The van der Waals surface area contributed by atoms with E-state index in [4.69, 9.17) is 5.11 Å². The Balaban J connectivity index is 2.88. The van der Waals surface area contributed by atoms with Crippen molar-refractivity contribution < 1.29 is 23.8 Å². The monoisotopic (exact) mass is 240 g/mol. The fourth-order valence-corrected chi connectivity index (χ4v) is 0.986. The molecule has 0 radical (unpaired) electrons. The number of amides is 1. The normalized spacial score (nSPS) is 9.47. The van der Waals surface area contributed by atoms with E-state index in [2.05, 4.69) is 21.6 Å². The maximum atomic E-state index is 12.8. The number of nitrogens with zero attached hydrogens (tertiary/aromatic N) is 1. The van der Waals surface area contributed by atoms with Crippen LogP contribution < -0.4 is 5.32 Å². The molecule has 2 N–H and O–H groups in total. The standard InChI is InChI=1S/C10H9FN2O4/c1-2-3-17-10(16)13-7-4-6(11)5-12-8(7)9(14)15/h2,4-5H,1,3H2,(H,13,16)(H,14,15). The van der Waals surface area contributed by atoms with E-state index in [1.165, 1.54) is 6.08 Å². The van der Waals surface area contributed by atoms with Crippen LogP contribution in [0, 0.1) is 5.82 Å². The summed E-state index contributed by atoms with van der Waals surface area (Å²) >= 11 is 0. The van der Waals surface area contributed by atoms with Gasteiger partial charge in [-0.25, -0.2) is 19.0 Å². The third-order valence-corrected chi connectivity index (χ3v) is 1.63. The molecule has 1 aromatic heterocycles. The molecule has 0 bridgehead atoms. The van der Waals surface area contributed by atoms with Gasteiger partial charge in [0.2, 0.25) is 0 Å².